The fourth-order valence-corrected chi connectivity index (χ4v) is 4.96. The van der Waals surface area contributed by atoms with Gasteiger partial charge in [0.2, 0.25) is 5.76 Å². The van der Waals surface area contributed by atoms with E-state index in [0.29, 0.717) is 41.1 Å². The summed E-state index contributed by atoms with van der Waals surface area (Å²) in [4.78, 5) is 27.5. The quantitative estimate of drug-likeness (QED) is 0.567. The van der Waals surface area contributed by atoms with Crippen LogP contribution in [0.1, 0.15) is 48.4 Å². The molecule has 9 nitrogen and oxygen atoms in total. The molecule has 1 aromatic carbocycles. The molecule has 2 N–H and O–H groups in total. The fourth-order valence-electron chi connectivity index (χ4n) is 4.96. The summed E-state index contributed by atoms with van der Waals surface area (Å²) in [6, 6.07) is 5.82. The van der Waals surface area contributed by atoms with Crippen molar-refractivity contribution >= 4 is 28.5 Å². The van der Waals surface area contributed by atoms with Crippen LogP contribution in [0.25, 0.3) is 11.0 Å². The van der Waals surface area contributed by atoms with E-state index in [1.807, 2.05) is 25.0 Å². The Morgan fingerprint density at radius 2 is 2.06 bits per heavy atom. The van der Waals surface area contributed by atoms with Crippen LogP contribution in [0.4, 0.5) is 5.69 Å². The largest absolute Gasteiger partial charge is 0.496 e. The number of carbonyl (C=O) groups is 1. The van der Waals surface area contributed by atoms with E-state index in [-0.39, 0.29) is 30.0 Å². The maximum absolute atomic E-state index is 13.6. The third-order valence-corrected chi connectivity index (χ3v) is 6.69. The number of benzene rings is 1. The molecule has 1 aromatic heterocycles. The van der Waals surface area contributed by atoms with Crippen LogP contribution < -0.4 is 15.5 Å². The smallest absolute Gasteiger partial charge is 0.252 e. The maximum Gasteiger partial charge on any atom is 0.252 e. The van der Waals surface area contributed by atoms with Crippen molar-refractivity contribution < 1.29 is 23.5 Å². The molecule has 0 saturated carbocycles. The molecular formula is C27H30N4O5. The first-order valence-electron chi connectivity index (χ1n) is 12.0. The van der Waals surface area contributed by atoms with Crippen LogP contribution in [0.2, 0.25) is 0 Å². The Balaban J connectivity index is 1.75. The van der Waals surface area contributed by atoms with Crippen LogP contribution in [-0.4, -0.2) is 51.3 Å². The summed E-state index contributed by atoms with van der Waals surface area (Å²) in [6.45, 7) is 7.99. The van der Waals surface area contributed by atoms with E-state index in [4.69, 9.17) is 13.9 Å². The van der Waals surface area contributed by atoms with Crippen molar-refractivity contribution in [1.29, 1.82) is 5.26 Å². The molecule has 0 atom stereocenters. The number of rotatable bonds is 7. The third kappa shape index (κ3) is 4.74. The van der Waals surface area contributed by atoms with Gasteiger partial charge >= 0.3 is 0 Å². The summed E-state index contributed by atoms with van der Waals surface area (Å²) in [6.07, 6.45) is 3.54. The lowest BCUT2D eigenvalue weighted by atomic mass is 9.98. The number of ether oxygens (including phenoxy) is 2. The second kappa shape index (κ2) is 10.7. The Bertz CT molecular complexity index is 1330. The first kappa shape index (κ1) is 25.1. The lowest BCUT2D eigenvalue weighted by Crippen LogP contribution is -2.40. The van der Waals surface area contributed by atoms with Crippen molar-refractivity contribution in [3.8, 4) is 6.07 Å². The first-order chi connectivity index (χ1) is 17.4. The second-order valence-corrected chi connectivity index (χ2v) is 8.82. The van der Waals surface area contributed by atoms with E-state index >= 15 is 0 Å². The molecule has 188 valence electrons. The van der Waals surface area contributed by atoms with E-state index in [1.165, 1.54) is 7.11 Å². The average Bonchev–Trinajstić information content (AvgIpc) is 3.31. The predicted octanol–water partition coefficient (Wildman–Crippen LogP) is 3.47. The number of anilines is 1. The monoisotopic (exact) mass is 490 g/mol. The zero-order chi connectivity index (χ0) is 25.8. The first-order valence-corrected chi connectivity index (χ1v) is 12.0. The van der Waals surface area contributed by atoms with Crippen LogP contribution in [0.15, 0.2) is 45.4 Å². The van der Waals surface area contributed by atoms with Gasteiger partial charge in [0.05, 0.1) is 12.7 Å². The van der Waals surface area contributed by atoms with E-state index < -0.39 is 0 Å². The van der Waals surface area contributed by atoms with E-state index in [2.05, 4.69) is 22.5 Å². The van der Waals surface area contributed by atoms with Gasteiger partial charge in [-0.15, -0.1) is 0 Å². The fraction of sp³-hybridized carbons (Fsp3) is 0.407. The molecule has 1 amide bonds. The zero-order valence-electron chi connectivity index (χ0n) is 21.0. The molecule has 4 rings (SSSR count). The summed E-state index contributed by atoms with van der Waals surface area (Å²) in [7, 11) is 1.51. The number of hydrogen-bond donors (Lipinski definition) is 2. The third-order valence-electron chi connectivity index (χ3n) is 6.69. The molecule has 2 aliphatic rings. The molecule has 2 aromatic rings. The van der Waals surface area contributed by atoms with Gasteiger partial charge in [-0.25, -0.2) is 4.79 Å². The Morgan fingerprint density at radius 1 is 1.31 bits per heavy atom. The topological polar surface area (TPSA) is 117 Å². The number of nitriles is 1. The molecule has 0 bridgehead atoms. The van der Waals surface area contributed by atoms with Crippen LogP contribution in [0, 0.1) is 18.3 Å². The molecule has 1 fully saturated rings. The highest BCUT2D eigenvalue weighted by molar-refractivity contribution is 6.09. The summed E-state index contributed by atoms with van der Waals surface area (Å²) in [5.74, 6) is 2.16. The predicted molar refractivity (Wildman–Crippen MR) is 135 cm³/mol. The van der Waals surface area contributed by atoms with Crippen molar-refractivity contribution in [2.24, 2.45) is 0 Å². The number of allylic oxidation sites excluding steroid dienone is 2. The van der Waals surface area contributed by atoms with Crippen molar-refractivity contribution in [3.63, 3.8) is 0 Å². The van der Waals surface area contributed by atoms with Gasteiger partial charge in [0, 0.05) is 66.8 Å². The zero-order valence-corrected chi connectivity index (χ0v) is 21.0. The summed E-state index contributed by atoms with van der Waals surface area (Å²) in [5, 5.41) is 15.9. The standard InChI is InChI=1S/C27H30N4O5/c1-5-31(18-6-8-35-9-7-18)23-12-25-20(11-19(13-28)36-25)26(17(23)3)27(33)29-14-21-22(15-32)30-16(2)10-24(21)34-4/h10-12,18,30H,5-9,14H2,1-4H3,(H,29,33). The van der Waals surface area contributed by atoms with Gasteiger partial charge in [-0.3, -0.25) is 4.79 Å². The highest BCUT2D eigenvalue weighted by Gasteiger charge is 2.27. The van der Waals surface area contributed by atoms with Crippen molar-refractivity contribution in [2.45, 2.75) is 39.7 Å². The molecule has 0 spiro atoms. The Kier molecular flexibility index (Phi) is 7.49. The number of amides is 1. The second-order valence-electron chi connectivity index (χ2n) is 8.82. The number of furan rings is 1. The summed E-state index contributed by atoms with van der Waals surface area (Å²) in [5.41, 5.74) is 4.05. The van der Waals surface area contributed by atoms with Gasteiger partial charge in [-0.1, -0.05) is 0 Å². The van der Waals surface area contributed by atoms with Crippen LogP contribution in [0.5, 0.6) is 0 Å². The Morgan fingerprint density at radius 3 is 2.69 bits per heavy atom. The molecule has 1 saturated heterocycles. The van der Waals surface area contributed by atoms with Crippen molar-refractivity contribution in [2.75, 3.05) is 38.3 Å². The number of fused-ring (bicyclic) bond motifs is 1. The summed E-state index contributed by atoms with van der Waals surface area (Å²) < 4.78 is 16.7. The SMILES string of the molecule is CCN(c1cc2oc(C#N)cc2c(C(=O)NCC2=C(OC)C=C(C)NC2=C=O)c1C)C1CCOCC1. The normalized spacial score (nSPS) is 16.2. The number of methoxy groups -OCH3 is 1. The lowest BCUT2D eigenvalue weighted by Gasteiger charge is -2.36. The van der Waals surface area contributed by atoms with Gasteiger partial charge in [0.15, 0.2) is 5.94 Å². The summed E-state index contributed by atoms with van der Waals surface area (Å²) >= 11 is 0. The minimum Gasteiger partial charge on any atom is -0.496 e. The van der Waals surface area contributed by atoms with Gasteiger partial charge in [0.25, 0.3) is 5.91 Å². The highest BCUT2D eigenvalue weighted by Crippen LogP contribution is 2.35. The van der Waals surface area contributed by atoms with E-state index in [1.54, 1.807) is 19.1 Å². The molecule has 0 radical (unpaired) electrons. The number of nitrogens with one attached hydrogen (secondary N) is 2. The number of nitrogens with zero attached hydrogens (tertiary/aromatic N) is 2. The minimum absolute atomic E-state index is 0.0505. The van der Waals surface area contributed by atoms with Gasteiger partial charge in [-0.2, -0.15) is 5.26 Å². The number of dihydropyridines is 1. The number of hydrogen-bond acceptors (Lipinski definition) is 8. The molecule has 9 heteroatoms. The molecule has 2 aliphatic heterocycles. The van der Waals surface area contributed by atoms with Crippen molar-refractivity contribution in [3.05, 3.63) is 57.8 Å². The van der Waals surface area contributed by atoms with E-state index in [0.717, 1.165) is 36.3 Å². The van der Waals surface area contributed by atoms with Crippen LogP contribution in [-0.2, 0) is 14.3 Å². The van der Waals surface area contributed by atoms with E-state index in [9.17, 15) is 14.9 Å². The maximum atomic E-state index is 13.6. The number of carbonyl (C=O) groups excluding carboxylic acids is 2. The molecule has 36 heavy (non-hydrogen) atoms. The Labute approximate surface area is 210 Å². The molecule has 0 aliphatic carbocycles. The van der Waals surface area contributed by atoms with Crippen molar-refractivity contribution in [1.82, 2.24) is 10.6 Å². The van der Waals surface area contributed by atoms with Gasteiger partial charge in [0.1, 0.15) is 23.1 Å². The van der Waals surface area contributed by atoms with Gasteiger partial charge < -0.3 is 29.4 Å². The van der Waals surface area contributed by atoms with Crippen LogP contribution >= 0.6 is 0 Å². The molecular weight excluding hydrogens is 460 g/mol. The average molecular weight is 491 g/mol. The van der Waals surface area contributed by atoms with Crippen LogP contribution in [0.3, 0.4) is 0 Å². The minimum atomic E-state index is -0.341. The molecule has 0 unspecified atom stereocenters. The lowest BCUT2D eigenvalue weighted by molar-refractivity contribution is 0.0846. The Hall–Kier alpha value is -3.99. The molecule has 3 heterocycles. The van der Waals surface area contributed by atoms with Gasteiger partial charge in [-0.05, 0) is 45.3 Å². The highest BCUT2D eigenvalue weighted by atomic mass is 16.5.